The van der Waals surface area contributed by atoms with Gasteiger partial charge in [-0.1, -0.05) is 41.9 Å². The second kappa shape index (κ2) is 8.84. The third kappa shape index (κ3) is 4.00. The lowest BCUT2D eigenvalue weighted by Crippen LogP contribution is -2.44. The Bertz CT molecular complexity index is 1100. The third-order valence-corrected chi connectivity index (χ3v) is 6.54. The van der Waals surface area contributed by atoms with Crippen LogP contribution in [0.4, 0.5) is 11.4 Å². The molecule has 3 aromatic rings. The average molecular weight is 489 g/mol. The van der Waals surface area contributed by atoms with Gasteiger partial charge in [0.15, 0.2) is 0 Å². The van der Waals surface area contributed by atoms with Gasteiger partial charge in [0.25, 0.3) is 5.91 Å². The molecule has 1 aliphatic heterocycles. The number of hydrogen-bond donors (Lipinski definition) is 1. The van der Waals surface area contributed by atoms with E-state index in [1.54, 1.807) is 7.11 Å². The Labute approximate surface area is 189 Å². The van der Waals surface area contributed by atoms with E-state index in [0.717, 1.165) is 47.1 Å². The Balaban J connectivity index is 1.71. The van der Waals surface area contributed by atoms with Gasteiger partial charge in [-0.05, 0) is 51.9 Å². The summed E-state index contributed by atoms with van der Waals surface area (Å²) in [4.78, 5) is 17.8. The fraction of sp³-hybridized carbons (Fsp3) is 0.261. The van der Waals surface area contributed by atoms with E-state index in [1.165, 1.54) is 0 Å². The first kappa shape index (κ1) is 21.0. The molecule has 30 heavy (non-hydrogen) atoms. The molecule has 0 radical (unpaired) electrons. The highest BCUT2D eigenvalue weighted by Gasteiger charge is 2.23. The Kier molecular flexibility index (Phi) is 6.18. The molecule has 3 aromatic carbocycles. The van der Waals surface area contributed by atoms with Crippen molar-refractivity contribution >= 4 is 55.6 Å². The first-order valence-corrected chi connectivity index (χ1v) is 10.9. The molecule has 0 aromatic heterocycles. The van der Waals surface area contributed by atoms with E-state index < -0.39 is 0 Å². The lowest BCUT2D eigenvalue weighted by molar-refractivity contribution is 0.102. The van der Waals surface area contributed by atoms with Gasteiger partial charge < -0.3 is 19.9 Å². The number of nitrogens with one attached hydrogen (secondary N) is 1. The second-order valence-corrected chi connectivity index (χ2v) is 8.57. The maximum Gasteiger partial charge on any atom is 0.259 e. The predicted octanol–water partition coefficient (Wildman–Crippen LogP) is 5.27. The van der Waals surface area contributed by atoms with Crippen LogP contribution >= 0.6 is 27.5 Å². The van der Waals surface area contributed by atoms with E-state index in [-0.39, 0.29) is 5.91 Å². The fourth-order valence-electron chi connectivity index (χ4n) is 3.81. The van der Waals surface area contributed by atoms with Gasteiger partial charge in [-0.2, -0.15) is 0 Å². The monoisotopic (exact) mass is 487 g/mol. The van der Waals surface area contributed by atoms with E-state index in [4.69, 9.17) is 16.3 Å². The van der Waals surface area contributed by atoms with Crippen LogP contribution in [0, 0.1) is 0 Å². The Morgan fingerprint density at radius 1 is 1.10 bits per heavy atom. The molecule has 0 bridgehead atoms. The van der Waals surface area contributed by atoms with Gasteiger partial charge >= 0.3 is 0 Å². The molecule has 1 aliphatic rings. The number of amides is 1. The number of anilines is 2. The second-order valence-electron chi connectivity index (χ2n) is 7.37. The van der Waals surface area contributed by atoms with Crippen molar-refractivity contribution in [2.45, 2.75) is 0 Å². The molecule has 1 amide bonds. The van der Waals surface area contributed by atoms with Crippen molar-refractivity contribution in [1.29, 1.82) is 0 Å². The van der Waals surface area contributed by atoms with Crippen molar-refractivity contribution in [3.63, 3.8) is 0 Å². The smallest absolute Gasteiger partial charge is 0.259 e. The normalized spacial score (nSPS) is 14.7. The number of rotatable bonds is 4. The van der Waals surface area contributed by atoms with Crippen molar-refractivity contribution in [3.8, 4) is 5.75 Å². The van der Waals surface area contributed by atoms with Gasteiger partial charge in [-0.25, -0.2) is 0 Å². The van der Waals surface area contributed by atoms with Crippen LogP contribution in [0.5, 0.6) is 5.75 Å². The van der Waals surface area contributed by atoms with E-state index in [1.807, 2.05) is 48.5 Å². The van der Waals surface area contributed by atoms with E-state index in [9.17, 15) is 4.79 Å². The minimum atomic E-state index is -0.240. The van der Waals surface area contributed by atoms with Gasteiger partial charge in [0, 0.05) is 26.2 Å². The molecule has 5 nitrogen and oxygen atoms in total. The number of halogens is 2. The largest absolute Gasteiger partial charge is 0.495 e. The summed E-state index contributed by atoms with van der Waals surface area (Å²) in [6.07, 6.45) is 0. The van der Waals surface area contributed by atoms with Gasteiger partial charge in [0.2, 0.25) is 0 Å². The van der Waals surface area contributed by atoms with Crippen LogP contribution in [0.25, 0.3) is 10.8 Å². The number of methoxy groups -OCH3 is 1. The van der Waals surface area contributed by atoms with Crippen LogP contribution in [0.2, 0.25) is 5.02 Å². The van der Waals surface area contributed by atoms with Crippen LogP contribution in [0.15, 0.2) is 53.0 Å². The van der Waals surface area contributed by atoms with Crippen LogP contribution in [0.3, 0.4) is 0 Å². The summed E-state index contributed by atoms with van der Waals surface area (Å²) in [6.45, 7) is 3.61. The number of ether oxygens (including phenoxy) is 1. The first-order valence-electron chi connectivity index (χ1n) is 9.78. The number of carbonyl (C=O) groups excluding carboxylic acids is 1. The molecule has 1 saturated heterocycles. The molecule has 156 valence electrons. The first-order chi connectivity index (χ1) is 14.5. The molecule has 7 heteroatoms. The maximum atomic E-state index is 13.3. The molecule has 0 spiro atoms. The number of nitrogens with zero attached hydrogens (tertiary/aromatic N) is 2. The molecule has 0 unspecified atom stereocenters. The summed E-state index contributed by atoms with van der Waals surface area (Å²) in [5.41, 5.74) is 2.02. The minimum absolute atomic E-state index is 0.240. The standard InChI is InChI=1S/C23H23BrClN3O2/c1-27-10-12-28(13-11-27)21-18(25)8-5-9-19(21)26-23(29)17-14-15-6-3-4-7-16(15)20(24)22(17)30-2/h3-9,14H,10-13H2,1-2H3,(H,26,29). The zero-order valence-electron chi connectivity index (χ0n) is 16.9. The number of benzene rings is 3. The number of hydrogen-bond acceptors (Lipinski definition) is 4. The van der Waals surface area contributed by atoms with Gasteiger partial charge in [0.1, 0.15) is 5.75 Å². The van der Waals surface area contributed by atoms with E-state index in [0.29, 0.717) is 22.0 Å². The predicted molar refractivity (Wildman–Crippen MR) is 127 cm³/mol. The van der Waals surface area contributed by atoms with Crippen molar-refractivity contribution in [2.75, 3.05) is 50.6 Å². The molecule has 0 atom stereocenters. The minimum Gasteiger partial charge on any atom is -0.495 e. The molecule has 1 N–H and O–H groups in total. The Morgan fingerprint density at radius 3 is 2.57 bits per heavy atom. The number of carbonyl (C=O) groups is 1. The molecule has 4 rings (SSSR count). The number of fused-ring (bicyclic) bond motifs is 1. The van der Waals surface area contributed by atoms with Crippen molar-refractivity contribution < 1.29 is 9.53 Å². The van der Waals surface area contributed by atoms with Crippen LogP contribution in [-0.2, 0) is 0 Å². The zero-order chi connectivity index (χ0) is 21.3. The third-order valence-electron chi connectivity index (χ3n) is 5.44. The fourth-order valence-corrected chi connectivity index (χ4v) is 4.84. The summed E-state index contributed by atoms with van der Waals surface area (Å²) in [7, 11) is 3.68. The van der Waals surface area contributed by atoms with Crippen LogP contribution < -0.4 is 15.0 Å². The summed E-state index contributed by atoms with van der Waals surface area (Å²) >= 11 is 10.2. The maximum absolute atomic E-state index is 13.3. The number of likely N-dealkylation sites (N-methyl/N-ethyl adjacent to an activating group) is 1. The molecule has 0 aliphatic carbocycles. The highest BCUT2D eigenvalue weighted by atomic mass is 79.9. The molecule has 0 saturated carbocycles. The molecular formula is C23H23BrClN3O2. The van der Waals surface area contributed by atoms with Crippen LogP contribution in [-0.4, -0.2) is 51.1 Å². The summed E-state index contributed by atoms with van der Waals surface area (Å²) in [5.74, 6) is 0.269. The highest BCUT2D eigenvalue weighted by Crippen LogP contribution is 2.38. The SMILES string of the molecule is COc1c(C(=O)Nc2cccc(Cl)c2N2CCN(C)CC2)cc2ccccc2c1Br. The summed E-state index contributed by atoms with van der Waals surface area (Å²) < 4.78 is 6.34. The lowest BCUT2D eigenvalue weighted by atomic mass is 10.0. The van der Waals surface area contributed by atoms with Gasteiger partial charge in [-0.15, -0.1) is 0 Å². The van der Waals surface area contributed by atoms with Crippen molar-refractivity contribution in [2.24, 2.45) is 0 Å². The zero-order valence-corrected chi connectivity index (χ0v) is 19.3. The van der Waals surface area contributed by atoms with E-state index in [2.05, 4.69) is 38.1 Å². The average Bonchev–Trinajstić information content (AvgIpc) is 2.75. The van der Waals surface area contributed by atoms with Gasteiger partial charge in [0.05, 0.1) is 33.5 Å². The topological polar surface area (TPSA) is 44.8 Å². The molecule has 1 fully saturated rings. The summed E-state index contributed by atoms with van der Waals surface area (Å²) in [6, 6.07) is 15.3. The highest BCUT2D eigenvalue weighted by molar-refractivity contribution is 9.10. The Hall–Kier alpha value is -2.28. The van der Waals surface area contributed by atoms with Crippen molar-refractivity contribution in [3.05, 3.63) is 63.6 Å². The summed E-state index contributed by atoms with van der Waals surface area (Å²) in [5, 5.41) is 5.64. The molecule has 1 heterocycles. The number of para-hydroxylation sites is 1. The number of piperazine rings is 1. The van der Waals surface area contributed by atoms with E-state index >= 15 is 0 Å². The molecular weight excluding hydrogens is 466 g/mol. The van der Waals surface area contributed by atoms with Crippen LogP contribution in [0.1, 0.15) is 10.4 Å². The Morgan fingerprint density at radius 2 is 1.83 bits per heavy atom. The quantitative estimate of drug-likeness (QED) is 0.543. The van der Waals surface area contributed by atoms with Crippen molar-refractivity contribution in [1.82, 2.24) is 4.90 Å². The lowest BCUT2D eigenvalue weighted by Gasteiger charge is -2.35. The van der Waals surface area contributed by atoms with Gasteiger partial charge in [-0.3, -0.25) is 4.79 Å².